The molecule has 3 unspecified atom stereocenters. The van der Waals surface area contributed by atoms with Gasteiger partial charge in [0, 0.05) is 5.02 Å². The Bertz CT molecular complexity index is 614. The first-order valence-corrected chi connectivity index (χ1v) is 6.42. The monoisotopic (exact) mass is 277 g/mol. The Labute approximate surface area is 115 Å². The number of nitrogens with zero attached hydrogens (tertiary/aromatic N) is 3. The number of carbonyl (C=O) groups is 2. The standard InChI is InChI=1S/C13H12ClN3O2/c1-6-3-4-8(5-9(6)14)17-12(18)10-7(2)15-16-11(10)13(17)19/h3-5,7,10-11H,1-2H3. The topological polar surface area (TPSA) is 62.1 Å². The number of halogens is 1. The third kappa shape index (κ3) is 1.69. The van der Waals surface area contributed by atoms with Gasteiger partial charge in [0.2, 0.25) is 5.91 Å². The van der Waals surface area contributed by atoms with Crippen LogP contribution >= 0.6 is 11.6 Å². The van der Waals surface area contributed by atoms with Gasteiger partial charge in [0.1, 0.15) is 0 Å². The fourth-order valence-corrected chi connectivity index (χ4v) is 2.67. The molecule has 1 aromatic rings. The summed E-state index contributed by atoms with van der Waals surface area (Å²) in [6, 6.07) is 4.24. The molecule has 0 aliphatic carbocycles. The van der Waals surface area contributed by atoms with Gasteiger partial charge in [-0.25, -0.2) is 4.90 Å². The quantitative estimate of drug-likeness (QED) is 0.740. The second-order valence-corrected chi connectivity index (χ2v) is 5.29. The maximum atomic E-state index is 12.3. The van der Waals surface area contributed by atoms with Crippen molar-refractivity contribution in [2.24, 2.45) is 16.1 Å². The Hall–Kier alpha value is -1.75. The van der Waals surface area contributed by atoms with Crippen LogP contribution in [0.25, 0.3) is 0 Å². The molecule has 0 bridgehead atoms. The number of fused-ring (bicyclic) bond motifs is 1. The zero-order valence-corrected chi connectivity index (χ0v) is 11.3. The van der Waals surface area contributed by atoms with Crippen molar-refractivity contribution in [2.45, 2.75) is 25.9 Å². The molecule has 0 spiro atoms. The fraction of sp³-hybridized carbons (Fsp3) is 0.385. The van der Waals surface area contributed by atoms with Crippen LogP contribution in [0.1, 0.15) is 12.5 Å². The zero-order chi connectivity index (χ0) is 13.7. The van der Waals surface area contributed by atoms with Crippen LogP contribution in [0.4, 0.5) is 5.69 Å². The summed E-state index contributed by atoms with van der Waals surface area (Å²) in [6.45, 7) is 3.66. The van der Waals surface area contributed by atoms with Crippen molar-refractivity contribution in [3.05, 3.63) is 28.8 Å². The van der Waals surface area contributed by atoms with Crippen molar-refractivity contribution >= 4 is 29.1 Å². The maximum Gasteiger partial charge on any atom is 0.261 e. The molecule has 0 saturated carbocycles. The molecule has 3 rings (SSSR count). The summed E-state index contributed by atoms with van der Waals surface area (Å²) in [4.78, 5) is 25.8. The average Bonchev–Trinajstić information content (AvgIpc) is 2.85. The second kappa shape index (κ2) is 4.13. The van der Waals surface area contributed by atoms with Gasteiger partial charge in [0.15, 0.2) is 6.04 Å². The first kappa shape index (κ1) is 12.3. The maximum absolute atomic E-state index is 12.3. The van der Waals surface area contributed by atoms with E-state index in [4.69, 9.17) is 11.6 Å². The van der Waals surface area contributed by atoms with Crippen LogP contribution in [0, 0.1) is 12.8 Å². The minimum atomic E-state index is -0.664. The number of amides is 2. The van der Waals surface area contributed by atoms with E-state index < -0.39 is 12.0 Å². The number of carbonyl (C=O) groups excluding carboxylic acids is 2. The summed E-state index contributed by atoms with van der Waals surface area (Å²) in [5, 5.41) is 8.35. The second-order valence-electron chi connectivity index (χ2n) is 4.89. The highest BCUT2D eigenvalue weighted by Gasteiger charge is 2.53. The minimum absolute atomic E-state index is 0.243. The molecule has 1 saturated heterocycles. The largest absolute Gasteiger partial charge is 0.274 e. The minimum Gasteiger partial charge on any atom is -0.274 e. The summed E-state index contributed by atoms with van der Waals surface area (Å²) in [5.41, 5.74) is 1.40. The molecule has 0 radical (unpaired) electrons. The lowest BCUT2D eigenvalue weighted by atomic mass is 9.98. The highest BCUT2D eigenvalue weighted by Crippen LogP contribution is 2.36. The third-order valence-corrected chi connectivity index (χ3v) is 4.03. The molecule has 2 heterocycles. The zero-order valence-electron chi connectivity index (χ0n) is 10.5. The molecule has 98 valence electrons. The number of anilines is 1. The van der Waals surface area contributed by atoms with E-state index in [-0.39, 0.29) is 17.9 Å². The fourth-order valence-electron chi connectivity index (χ4n) is 2.49. The normalized spacial score (nSPS) is 29.2. The number of benzene rings is 1. The molecule has 0 aromatic heterocycles. The number of imide groups is 1. The van der Waals surface area contributed by atoms with Crippen LogP contribution < -0.4 is 4.90 Å². The first-order valence-electron chi connectivity index (χ1n) is 6.04. The highest BCUT2D eigenvalue weighted by atomic mass is 35.5. The molecule has 2 aliphatic heterocycles. The van der Waals surface area contributed by atoms with Crippen molar-refractivity contribution in [1.82, 2.24) is 0 Å². The Balaban J connectivity index is 2.02. The van der Waals surface area contributed by atoms with Crippen LogP contribution in [-0.2, 0) is 9.59 Å². The molecular formula is C13H12ClN3O2. The van der Waals surface area contributed by atoms with Crippen LogP contribution in [-0.4, -0.2) is 23.9 Å². The van der Waals surface area contributed by atoms with E-state index in [1.165, 1.54) is 4.90 Å². The van der Waals surface area contributed by atoms with Gasteiger partial charge in [-0.05, 0) is 31.5 Å². The Kier molecular flexibility index (Phi) is 2.67. The van der Waals surface area contributed by atoms with Crippen LogP contribution in [0.2, 0.25) is 5.02 Å². The van der Waals surface area contributed by atoms with Crippen molar-refractivity contribution in [1.29, 1.82) is 0 Å². The summed E-state index contributed by atoms with van der Waals surface area (Å²) >= 11 is 6.05. The van der Waals surface area contributed by atoms with Gasteiger partial charge in [-0.15, -0.1) is 0 Å². The predicted molar refractivity (Wildman–Crippen MR) is 70.3 cm³/mol. The van der Waals surface area contributed by atoms with E-state index in [0.29, 0.717) is 10.7 Å². The van der Waals surface area contributed by atoms with Crippen molar-refractivity contribution in [2.75, 3.05) is 4.90 Å². The van der Waals surface area contributed by atoms with Crippen LogP contribution in [0.5, 0.6) is 0 Å². The molecule has 3 atom stereocenters. The summed E-state index contributed by atoms with van der Waals surface area (Å²) in [5.74, 6) is -1.02. The number of azo groups is 1. The highest BCUT2D eigenvalue weighted by molar-refractivity contribution is 6.32. The van der Waals surface area contributed by atoms with Crippen molar-refractivity contribution < 1.29 is 9.59 Å². The molecule has 5 nitrogen and oxygen atoms in total. The van der Waals surface area contributed by atoms with E-state index in [1.807, 2.05) is 6.92 Å². The molecule has 19 heavy (non-hydrogen) atoms. The van der Waals surface area contributed by atoms with Crippen molar-refractivity contribution in [3.8, 4) is 0 Å². The number of rotatable bonds is 1. The van der Waals surface area contributed by atoms with E-state index in [1.54, 1.807) is 25.1 Å². The molecule has 0 N–H and O–H groups in total. The lowest BCUT2D eigenvalue weighted by Crippen LogP contribution is -2.32. The van der Waals surface area contributed by atoms with Gasteiger partial charge in [0.25, 0.3) is 5.91 Å². The molecule has 2 amide bonds. The van der Waals surface area contributed by atoms with Crippen molar-refractivity contribution in [3.63, 3.8) is 0 Å². The lowest BCUT2D eigenvalue weighted by molar-refractivity contribution is -0.122. The Morgan fingerprint density at radius 1 is 1.21 bits per heavy atom. The number of aryl methyl sites for hydroxylation is 1. The molecular weight excluding hydrogens is 266 g/mol. The van der Waals surface area contributed by atoms with Gasteiger partial charge in [0.05, 0.1) is 17.6 Å². The van der Waals surface area contributed by atoms with Crippen LogP contribution in [0.15, 0.2) is 28.4 Å². The Morgan fingerprint density at radius 2 is 1.95 bits per heavy atom. The predicted octanol–water partition coefficient (Wildman–Crippen LogP) is 2.36. The van der Waals surface area contributed by atoms with E-state index >= 15 is 0 Å². The summed E-state index contributed by atoms with van der Waals surface area (Å²) in [7, 11) is 0. The first-order chi connectivity index (χ1) is 9.00. The van der Waals surface area contributed by atoms with Gasteiger partial charge in [-0.2, -0.15) is 10.2 Å². The van der Waals surface area contributed by atoms with E-state index in [2.05, 4.69) is 10.2 Å². The lowest BCUT2D eigenvalue weighted by Gasteiger charge is -2.16. The SMILES string of the molecule is Cc1ccc(N2C(=O)C3N=NC(C)C3C2=O)cc1Cl. The average molecular weight is 278 g/mol. The van der Waals surface area contributed by atoms with Gasteiger partial charge in [-0.1, -0.05) is 17.7 Å². The summed E-state index contributed by atoms with van der Waals surface area (Å²) < 4.78 is 0. The van der Waals surface area contributed by atoms with Crippen LogP contribution in [0.3, 0.4) is 0 Å². The van der Waals surface area contributed by atoms with E-state index in [9.17, 15) is 9.59 Å². The molecule has 2 aliphatic rings. The van der Waals surface area contributed by atoms with Gasteiger partial charge < -0.3 is 0 Å². The summed E-state index contributed by atoms with van der Waals surface area (Å²) in [6.07, 6.45) is 0. The third-order valence-electron chi connectivity index (χ3n) is 3.63. The molecule has 1 fully saturated rings. The Morgan fingerprint density at radius 3 is 2.58 bits per heavy atom. The van der Waals surface area contributed by atoms with E-state index in [0.717, 1.165) is 5.56 Å². The smallest absolute Gasteiger partial charge is 0.261 e. The van der Waals surface area contributed by atoms with Gasteiger partial charge >= 0.3 is 0 Å². The molecule has 6 heteroatoms. The number of hydrogen-bond acceptors (Lipinski definition) is 4. The molecule has 1 aromatic carbocycles. The number of hydrogen-bond donors (Lipinski definition) is 0. The van der Waals surface area contributed by atoms with Gasteiger partial charge in [-0.3, -0.25) is 9.59 Å².